The lowest BCUT2D eigenvalue weighted by Gasteiger charge is -1.90. The molecule has 0 heterocycles. The molecule has 1 heteroatoms. The van der Waals surface area contributed by atoms with E-state index in [1.165, 1.54) is 31.8 Å². The minimum Gasteiger partial charge on any atom is -0.234 e. The maximum absolute atomic E-state index is 9.85. The first-order valence-electron chi connectivity index (χ1n) is 5.91. The third-order valence-corrected chi connectivity index (χ3v) is 2.14. The van der Waals surface area contributed by atoms with Crippen molar-refractivity contribution >= 4 is 5.94 Å². The first-order chi connectivity index (χ1) is 7.41. The van der Waals surface area contributed by atoms with Crippen LogP contribution in [0.15, 0.2) is 30.4 Å². The molecule has 0 fully saturated rings. The van der Waals surface area contributed by atoms with Gasteiger partial charge in [-0.2, -0.15) is 0 Å². The van der Waals surface area contributed by atoms with Gasteiger partial charge in [-0.1, -0.05) is 44.1 Å². The van der Waals surface area contributed by atoms with Gasteiger partial charge in [0.2, 0.25) is 0 Å². The van der Waals surface area contributed by atoms with Crippen LogP contribution < -0.4 is 0 Å². The Bertz CT molecular complexity index is 219. The number of rotatable bonds is 9. The van der Waals surface area contributed by atoms with Crippen molar-refractivity contribution in [2.24, 2.45) is 0 Å². The lowest BCUT2D eigenvalue weighted by Crippen LogP contribution is -1.70. The second-order valence-electron chi connectivity index (χ2n) is 3.57. The Labute approximate surface area is 93.6 Å². The fraction of sp³-hybridized carbons (Fsp3) is 0.571. The fourth-order valence-electron chi connectivity index (χ4n) is 1.26. The molecule has 0 aromatic carbocycles. The molecule has 0 aromatic heterocycles. The minimum atomic E-state index is 0.806. The predicted molar refractivity (Wildman–Crippen MR) is 66.5 cm³/mol. The Morgan fingerprint density at radius 3 is 2.33 bits per heavy atom. The van der Waals surface area contributed by atoms with Crippen molar-refractivity contribution < 1.29 is 4.79 Å². The van der Waals surface area contributed by atoms with E-state index in [4.69, 9.17) is 0 Å². The molecule has 0 N–H and O–H groups in total. The van der Waals surface area contributed by atoms with E-state index in [0.29, 0.717) is 0 Å². The molecular weight excluding hydrogens is 184 g/mol. The average molecular weight is 206 g/mol. The fourth-order valence-corrected chi connectivity index (χ4v) is 1.26. The zero-order valence-electron chi connectivity index (χ0n) is 9.74. The highest BCUT2D eigenvalue weighted by Gasteiger charge is 1.80. The number of allylic oxidation sites excluding steroid dienone is 5. The van der Waals surface area contributed by atoms with E-state index in [1.807, 2.05) is 0 Å². The molecular formula is C14H22O. The zero-order valence-corrected chi connectivity index (χ0v) is 9.74. The van der Waals surface area contributed by atoms with Gasteiger partial charge in [-0.25, -0.2) is 4.79 Å². The summed E-state index contributed by atoms with van der Waals surface area (Å²) in [5.74, 6) is 1.78. The van der Waals surface area contributed by atoms with Gasteiger partial charge in [0, 0.05) is 6.08 Å². The quantitative estimate of drug-likeness (QED) is 0.313. The molecule has 0 aliphatic heterocycles. The van der Waals surface area contributed by atoms with Gasteiger partial charge < -0.3 is 0 Å². The summed E-state index contributed by atoms with van der Waals surface area (Å²) in [5.41, 5.74) is 0. The second kappa shape index (κ2) is 12.9. The highest BCUT2D eigenvalue weighted by Crippen LogP contribution is 2.00. The van der Waals surface area contributed by atoms with Crippen LogP contribution in [-0.2, 0) is 4.79 Å². The van der Waals surface area contributed by atoms with E-state index in [-0.39, 0.29) is 0 Å². The Morgan fingerprint density at radius 2 is 1.67 bits per heavy atom. The molecule has 84 valence electrons. The van der Waals surface area contributed by atoms with Gasteiger partial charge in [0.1, 0.15) is 5.94 Å². The Balaban J connectivity index is 3.24. The number of unbranched alkanes of at least 4 members (excludes halogenated alkanes) is 4. The smallest absolute Gasteiger partial charge is 0.120 e. The SMILES string of the molecule is CCCCCC=CCC=CCCC=C=O. The van der Waals surface area contributed by atoms with Crippen molar-refractivity contribution in [3.8, 4) is 0 Å². The van der Waals surface area contributed by atoms with Crippen LogP contribution in [0.25, 0.3) is 0 Å². The van der Waals surface area contributed by atoms with Crippen LogP contribution in [0.3, 0.4) is 0 Å². The summed E-state index contributed by atoms with van der Waals surface area (Å²) in [6.07, 6.45) is 18.2. The van der Waals surface area contributed by atoms with Crippen molar-refractivity contribution in [3.63, 3.8) is 0 Å². The van der Waals surface area contributed by atoms with Gasteiger partial charge in [-0.15, -0.1) is 0 Å². The highest BCUT2D eigenvalue weighted by molar-refractivity contribution is 5.44. The average Bonchev–Trinajstić information content (AvgIpc) is 2.26. The lowest BCUT2D eigenvalue weighted by molar-refractivity contribution is 0.568. The summed E-state index contributed by atoms with van der Waals surface area (Å²) in [6, 6.07) is 0. The molecule has 1 nitrogen and oxygen atoms in total. The molecule has 0 aliphatic rings. The molecule has 0 saturated carbocycles. The molecule has 0 rings (SSSR count). The summed E-state index contributed by atoms with van der Waals surface area (Å²) in [4.78, 5) is 9.85. The number of hydrogen-bond donors (Lipinski definition) is 0. The molecule has 0 aliphatic carbocycles. The normalized spacial score (nSPS) is 11.0. The topological polar surface area (TPSA) is 17.1 Å². The van der Waals surface area contributed by atoms with Crippen molar-refractivity contribution in [2.45, 2.75) is 51.9 Å². The summed E-state index contributed by atoms with van der Waals surface area (Å²) < 4.78 is 0. The Kier molecular flexibility index (Phi) is 12.0. The van der Waals surface area contributed by atoms with E-state index in [9.17, 15) is 4.79 Å². The van der Waals surface area contributed by atoms with Gasteiger partial charge in [0.15, 0.2) is 0 Å². The van der Waals surface area contributed by atoms with Gasteiger partial charge in [-0.05, 0) is 32.1 Å². The Hall–Kier alpha value is -1.07. The molecule has 0 saturated heterocycles. The first kappa shape index (κ1) is 13.9. The maximum Gasteiger partial charge on any atom is 0.120 e. The van der Waals surface area contributed by atoms with Crippen molar-refractivity contribution in [2.75, 3.05) is 0 Å². The number of hydrogen-bond acceptors (Lipinski definition) is 1. The highest BCUT2D eigenvalue weighted by atomic mass is 16.1. The zero-order chi connectivity index (χ0) is 11.2. The van der Waals surface area contributed by atoms with Crippen molar-refractivity contribution in [1.82, 2.24) is 0 Å². The molecule has 0 amide bonds. The van der Waals surface area contributed by atoms with Crippen LogP contribution in [0, 0.1) is 0 Å². The maximum atomic E-state index is 9.85. The van der Waals surface area contributed by atoms with Crippen LogP contribution >= 0.6 is 0 Å². The third kappa shape index (κ3) is 12.9. The molecule has 0 atom stereocenters. The third-order valence-electron chi connectivity index (χ3n) is 2.14. The molecule has 0 aromatic rings. The van der Waals surface area contributed by atoms with Gasteiger partial charge in [0.25, 0.3) is 0 Å². The van der Waals surface area contributed by atoms with Crippen LogP contribution in [-0.4, -0.2) is 5.94 Å². The van der Waals surface area contributed by atoms with Crippen LogP contribution in [0.1, 0.15) is 51.9 Å². The molecule has 0 bridgehead atoms. The van der Waals surface area contributed by atoms with Gasteiger partial charge in [-0.3, -0.25) is 0 Å². The Morgan fingerprint density at radius 1 is 0.933 bits per heavy atom. The lowest BCUT2D eigenvalue weighted by atomic mass is 10.2. The summed E-state index contributed by atoms with van der Waals surface area (Å²) in [5, 5.41) is 0. The van der Waals surface area contributed by atoms with E-state index >= 15 is 0 Å². The van der Waals surface area contributed by atoms with E-state index in [0.717, 1.165) is 19.3 Å². The molecule has 0 unspecified atom stereocenters. The summed E-state index contributed by atoms with van der Waals surface area (Å²) >= 11 is 0. The van der Waals surface area contributed by atoms with E-state index in [2.05, 4.69) is 31.2 Å². The largest absolute Gasteiger partial charge is 0.234 e. The minimum absolute atomic E-state index is 0.806. The van der Waals surface area contributed by atoms with Crippen molar-refractivity contribution in [1.29, 1.82) is 0 Å². The summed E-state index contributed by atoms with van der Waals surface area (Å²) in [7, 11) is 0. The molecule has 15 heavy (non-hydrogen) atoms. The second-order valence-corrected chi connectivity index (χ2v) is 3.57. The van der Waals surface area contributed by atoms with Gasteiger partial charge >= 0.3 is 0 Å². The van der Waals surface area contributed by atoms with E-state index < -0.39 is 0 Å². The number of carbonyl (C=O) groups excluding carboxylic acids is 1. The molecule has 0 radical (unpaired) electrons. The van der Waals surface area contributed by atoms with Crippen LogP contribution in [0.4, 0.5) is 0 Å². The standard InChI is InChI=1S/C14H22O/c1-2-3-4-5-6-7-8-9-10-11-12-13-14-15/h6-7,9-10,13H,2-5,8,11-12H2,1H3. The van der Waals surface area contributed by atoms with Crippen molar-refractivity contribution in [3.05, 3.63) is 30.4 Å². The van der Waals surface area contributed by atoms with E-state index in [1.54, 1.807) is 5.94 Å². The van der Waals surface area contributed by atoms with Crippen LogP contribution in [0.2, 0.25) is 0 Å². The van der Waals surface area contributed by atoms with Crippen LogP contribution in [0.5, 0.6) is 0 Å². The van der Waals surface area contributed by atoms with Gasteiger partial charge in [0.05, 0.1) is 0 Å². The molecule has 0 spiro atoms. The first-order valence-corrected chi connectivity index (χ1v) is 5.91. The monoisotopic (exact) mass is 206 g/mol. The summed E-state index contributed by atoms with van der Waals surface area (Å²) in [6.45, 7) is 2.22. The predicted octanol–water partition coefficient (Wildman–Crippen LogP) is 4.24.